The van der Waals surface area contributed by atoms with Gasteiger partial charge in [0.15, 0.2) is 0 Å². The molecule has 4 N–H and O–H groups in total. The van der Waals surface area contributed by atoms with Crippen molar-refractivity contribution in [2.45, 2.75) is 19.4 Å². The maximum absolute atomic E-state index is 11.0. The maximum Gasteiger partial charge on any atom is 0.357 e. The minimum atomic E-state index is -4.30. The molecule has 0 aliphatic heterocycles. The van der Waals surface area contributed by atoms with Crippen molar-refractivity contribution < 1.29 is 30.7 Å². The lowest BCUT2D eigenvalue weighted by Crippen LogP contribution is -3.00. The first-order valence-corrected chi connectivity index (χ1v) is 12.5. The van der Waals surface area contributed by atoms with Crippen molar-refractivity contribution in [3.63, 3.8) is 0 Å². The third-order valence-corrected chi connectivity index (χ3v) is 6.67. The monoisotopic (exact) mass is 509 g/mol. The van der Waals surface area contributed by atoms with Gasteiger partial charge in [-0.25, -0.2) is 4.98 Å². The van der Waals surface area contributed by atoms with Crippen LogP contribution in [-0.4, -0.2) is 28.2 Å². The van der Waals surface area contributed by atoms with E-state index in [0.29, 0.717) is 12.1 Å². The van der Waals surface area contributed by atoms with Gasteiger partial charge in [0.1, 0.15) is 21.8 Å². The summed E-state index contributed by atoms with van der Waals surface area (Å²) in [7, 11) is -4.30. The molecule has 168 valence electrons. The molecule has 8 nitrogen and oxygen atoms in total. The van der Waals surface area contributed by atoms with Crippen LogP contribution < -0.4 is 22.4 Å². The van der Waals surface area contributed by atoms with Crippen LogP contribution >= 0.6 is 22.7 Å². The number of aromatic nitrogens is 3. The summed E-state index contributed by atoms with van der Waals surface area (Å²) in [5.74, 6) is 0. The quantitative estimate of drug-likeness (QED) is 0.295. The van der Waals surface area contributed by atoms with Gasteiger partial charge in [0, 0.05) is 17.4 Å². The number of thiazole rings is 1. The number of halogens is 1. The van der Waals surface area contributed by atoms with Crippen molar-refractivity contribution in [3.8, 4) is 10.6 Å². The Kier molecular flexibility index (Phi) is 7.93. The molecule has 4 aromatic rings. The van der Waals surface area contributed by atoms with E-state index in [1.807, 2.05) is 49.4 Å². The summed E-state index contributed by atoms with van der Waals surface area (Å²) in [5.41, 5.74) is 3.31. The Labute approximate surface area is 200 Å². The van der Waals surface area contributed by atoms with Crippen molar-refractivity contribution in [1.82, 2.24) is 15.2 Å². The highest BCUT2D eigenvalue weighted by Crippen LogP contribution is 2.27. The lowest BCUT2D eigenvalue weighted by molar-refractivity contribution is -0.618. The average Bonchev–Trinajstić information content (AvgIpc) is 3.38. The number of nitrogens with two attached hydrogens (primary N) is 1. The van der Waals surface area contributed by atoms with Crippen LogP contribution in [0.25, 0.3) is 10.6 Å². The molecule has 2 aromatic heterocycles. The number of nitrogens with zero attached hydrogens (tertiary/aromatic N) is 3. The van der Waals surface area contributed by atoms with Crippen molar-refractivity contribution in [1.29, 1.82) is 0 Å². The first kappa shape index (κ1) is 24.2. The fourth-order valence-corrected chi connectivity index (χ4v) is 5.10. The molecule has 0 fully saturated rings. The zero-order valence-electron chi connectivity index (χ0n) is 16.8. The molecule has 0 saturated heterocycles. The fraction of sp³-hybridized carbons (Fsp3) is 0.150. The molecule has 1 atom stereocenters. The minimum absolute atomic E-state index is 0. The highest BCUT2D eigenvalue weighted by molar-refractivity contribution is 7.87. The van der Waals surface area contributed by atoms with Crippen molar-refractivity contribution in [3.05, 3.63) is 76.2 Å². The van der Waals surface area contributed by atoms with E-state index in [1.54, 1.807) is 23.5 Å². The molecule has 2 aromatic carbocycles. The fourth-order valence-electron chi connectivity index (χ4n) is 3.08. The van der Waals surface area contributed by atoms with Crippen molar-refractivity contribution in [2.75, 3.05) is 4.72 Å². The van der Waals surface area contributed by atoms with Gasteiger partial charge in [0.2, 0.25) is 0 Å². The average molecular weight is 510 g/mol. The highest BCUT2D eigenvalue weighted by atomic mass is 35.5. The number of nitrogens with one attached hydrogen (secondary N) is 1. The molecule has 0 aliphatic rings. The summed E-state index contributed by atoms with van der Waals surface area (Å²) in [5, 5.41) is 15.1. The van der Waals surface area contributed by atoms with Crippen LogP contribution in [-0.2, 0) is 16.7 Å². The van der Waals surface area contributed by atoms with Crippen molar-refractivity contribution in [2.24, 2.45) is 0 Å². The molecule has 0 saturated carbocycles. The maximum atomic E-state index is 11.0. The van der Waals surface area contributed by atoms with E-state index in [9.17, 15) is 8.42 Å². The summed E-state index contributed by atoms with van der Waals surface area (Å²) >= 11 is 3.12. The van der Waals surface area contributed by atoms with E-state index in [1.165, 1.54) is 11.3 Å². The Hall–Kier alpha value is -2.41. The van der Waals surface area contributed by atoms with E-state index >= 15 is 0 Å². The molecular formula is C20H20ClN5O3S3. The SMILES string of the molecule is Cc1nnc([NH2+][C@@H](Cc2ccc(NS(=O)(=O)O)cc2)c2csc(-c3ccccc3)n2)s1.[Cl-]. The first-order valence-electron chi connectivity index (χ1n) is 9.36. The Morgan fingerprint density at radius 3 is 2.44 bits per heavy atom. The van der Waals surface area contributed by atoms with Crippen molar-refractivity contribution >= 4 is 43.8 Å². The van der Waals surface area contributed by atoms with E-state index in [2.05, 4.69) is 25.6 Å². The molecule has 32 heavy (non-hydrogen) atoms. The second kappa shape index (κ2) is 10.5. The summed E-state index contributed by atoms with van der Waals surface area (Å²) in [6.45, 7) is 1.92. The number of aryl methyl sites for hydroxylation is 1. The van der Waals surface area contributed by atoms with Gasteiger partial charge in [0.25, 0.3) is 0 Å². The molecular weight excluding hydrogens is 490 g/mol. The van der Waals surface area contributed by atoms with E-state index in [0.717, 1.165) is 32.0 Å². The van der Waals surface area contributed by atoms with Crippen LogP contribution in [0, 0.1) is 6.92 Å². The summed E-state index contributed by atoms with van der Waals surface area (Å²) in [6, 6.07) is 16.9. The summed E-state index contributed by atoms with van der Waals surface area (Å²) < 4.78 is 33.0. The predicted octanol–water partition coefficient (Wildman–Crippen LogP) is 0.368. The van der Waals surface area contributed by atoms with Gasteiger partial charge in [0.05, 0.1) is 5.69 Å². The number of anilines is 1. The molecule has 0 radical (unpaired) electrons. The standard InChI is InChI=1S/C20H19N5O3S3.ClH/c1-13-23-24-20(30-13)22-17(11-14-7-9-16(10-8-14)25-31(26,27)28)18-12-29-19(21-18)15-5-3-2-4-6-15;/h2-10,12,17,25H,11H2,1H3,(H,22,24)(H,26,27,28);1H/t17-;/m0./s1. The topological polar surface area (TPSA) is 122 Å². The van der Waals surface area contributed by atoms with Gasteiger partial charge in [-0.3, -0.25) is 14.6 Å². The smallest absolute Gasteiger partial charge is 0.357 e. The molecule has 4 rings (SSSR count). The molecule has 0 aliphatic carbocycles. The van der Waals surface area contributed by atoms with Crippen LogP contribution in [0.1, 0.15) is 22.3 Å². The predicted molar refractivity (Wildman–Crippen MR) is 122 cm³/mol. The molecule has 0 unspecified atom stereocenters. The zero-order chi connectivity index (χ0) is 21.8. The number of benzene rings is 2. The highest BCUT2D eigenvalue weighted by Gasteiger charge is 2.22. The van der Waals surface area contributed by atoms with Crippen LogP contribution in [0.3, 0.4) is 0 Å². The van der Waals surface area contributed by atoms with Gasteiger partial charge in [-0.15, -0.1) is 16.4 Å². The Morgan fingerprint density at radius 2 is 1.81 bits per heavy atom. The van der Waals surface area contributed by atoms with Crippen LogP contribution in [0.4, 0.5) is 10.8 Å². The van der Waals surface area contributed by atoms with Gasteiger partial charge < -0.3 is 12.4 Å². The number of hydrogen-bond acceptors (Lipinski definition) is 7. The second-order valence-electron chi connectivity index (χ2n) is 6.85. The second-order valence-corrected chi connectivity index (χ2v) is 10.1. The molecule has 12 heteroatoms. The third kappa shape index (κ3) is 6.55. The zero-order valence-corrected chi connectivity index (χ0v) is 20.0. The lowest BCUT2D eigenvalue weighted by atomic mass is 10.0. The number of quaternary nitrogens is 1. The first-order chi connectivity index (χ1) is 14.9. The van der Waals surface area contributed by atoms with Gasteiger partial charge in [-0.1, -0.05) is 47.6 Å². The Morgan fingerprint density at radius 1 is 1.09 bits per heavy atom. The van der Waals surface area contributed by atoms with Crippen LogP contribution in [0.5, 0.6) is 0 Å². The normalized spacial score (nSPS) is 12.2. The van der Waals surface area contributed by atoms with Crippen LogP contribution in [0.15, 0.2) is 60.0 Å². The molecule has 0 spiro atoms. The number of hydrogen-bond donors (Lipinski definition) is 3. The van der Waals surface area contributed by atoms with Gasteiger partial charge >= 0.3 is 15.4 Å². The Balaban J connectivity index is 0.00000289. The molecule has 0 bridgehead atoms. The minimum Gasteiger partial charge on any atom is -1.00 e. The van der Waals surface area contributed by atoms with E-state index < -0.39 is 10.3 Å². The molecule has 0 amide bonds. The third-order valence-electron chi connectivity index (χ3n) is 4.46. The van der Waals surface area contributed by atoms with E-state index in [-0.39, 0.29) is 18.4 Å². The summed E-state index contributed by atoms with van der Waals surface area (Å²) in [6.07, 6.45) is 0.656. The summed E-state index contributed by atoms with van der Waals surface area (Å²) in [4.78, 5) is 4.86. The number of rotatable bonds is 8. The van der Waals surface area contributed by atoms with Crippen LogP contribution in [0.2, 0.25) is 0 Å². The Bertz CT molecular complexity index is 1260. The van der Waals surface area contributed by atoms with E-state index in [4.69, 9.17) is 9.54 Å². The van der Waals surface area contributed by atoms with Gasteiger partial charge in [-0.05, 0) is 36.0 Å². The molecule has 2 heterocycles. The largest absolute Gasteiger partial charge is 1.00 e. The van der Waals surface area contributed by atoms with Gasteiger partial charge in [-0.2, -0.15) is 8.42 Å². The lowest BCUT2D eigenvalue weighted by Gasteiger charge is -2.12.